The van der Waals surface area contributed by atoms with Crippen molar-refractivity contribution < 1.29 is 9.53 Å². The summed E-state index contributed by atoms with van der Waals surface area (Å²) >= 11 is 6.85. The van der Waals surface area contributed by atoms with E-state index in [0.29, 0.717) is 5.75 Å². The van der Waals surface area contributed by atoms with Crippen molar-refractivity contribution in [1.29, 1.82) is 0 Å². The van der Waals surface area contributed by atoms with Crippen molar-refractivity contribution >= 4 is 43.5 Å². The van der Waals surface area contributed by atoms with E-state index in [1.54, 1.807) is 0 Å². The molecule has 2 aromatic carbocycles. The highest BCUT2D eigenvalue weighted by atomic mass is 79.9. The fourth-order valence-electron chi connectivity index (χ4n) is 1.93. The van der Waals surface area contributed by atoms with E-state index in [2.05, 4.69) is 37.2 Å². The van der Waals surface area contributed by atoms with Gasteiger partial charge >= 0.3 is 0 Å². The number of carbonyl (C=O) groups excluding carboxylic acids is 1. The lowest BCUT2D eigenvalue weighted by molar-refractivity contribution is -0.118. The van der Waals surface area contributed by atoms with Crippen LogP contribution in [0.3, 0.4) is 0 Å². The molecule has 0 saturated carbocycles. The van der Waals surface area contributed by atoms with Crippen LogP contribution in [0.5, 0.6) is 5.75 Å². The maximum Gasteiger partial charge on any atom is 0.262 e. The number of nitrogens with one attached hydrogen (secondary N) is 1. The molecule has 0 heterocycles. The van der Waals surface area contributed by atoms with Crippen LogP contribution in [0.15, 0.2) is 45.3 Å². The van der Waals surface area contributed by atoms with Crippen LogP contribution in [0.1, 0.15) is 11.1 Å². The number of rotatable bonds is 4. The van der Waals surface area contributed by atoms with E-state index >= 15 is 0 Å². The van der Waals surface area contributed by atoms with Crippen LogP contribution >= 0.6 is 31.9 Å². The van der Waals surface area contributed by atoms with Gasteiger partial charge in [-0.25, -0.2) is 0 Å². The Labute approximate surface area is 141 Å². The number of hydrogen-bond donors (Lipinski definition) is 1. The minimum absolute atomic E-state index is 0.0327. The third-order valence-corrected chi connectivity index (χ3v) is 3.89. The van der Waals surface area contributed by atoms with Crippen LogP contribution in [0.2, 0.25) is 0 Å². The third-order valence-electron chi connectivity index (χ3n) is 2.84. The van der Waals surface area contributed by atoms with E-state index in [4.69, 9.17) is 4.74 Å². The number of ether oxygens (including phenoxy) is 1. The zero-order chi connectivity index (χ0) is 15.4. The van der Waals surface area contributed by atoms with Gasteiger partial charge in [0.25, 0.3) is 5.91 Å². The Morgan fingerprint density at radius 2 is 1.95 bits per heavy atom. The average molecular weight is 413 g/mol. The van der Waals surface area contributed by atoms with Crippen LogP contribution in [-0.4, -0.2) is 12.5 Å². The molecule has 21 heavy (non-hydrogen) atoms. The summed E-state index contributed by atoms with van der Waals surface area (Å²) in [6.07, 6.45) is 0. The van der Waals surface area contributed by atoms with Crippen molar-refractivity contribution in [2.24, 2.45) is 0 Å². The van der Waals surface area contributed by atoms with E-state index in [0.717, 1.165) is 25.8 Å². The molecule has 110 valence electrons. The molecule has 5 heteroatoms. The summed E-state index contributed by atoms with van der Waals surface area (Å²) < 4.78 is 7.39. The van der Waals surface area contributed by atoms with Crippen LogP contribution in [0.4, 0.5) is 5.69 Å². The molecular weight excluding hydrogens is 398 g/mol. The highest BCUT2D eigenvalue weighted by Crippen LogP contribution is 2.32. The molecule has 0 aliphatic carbocycles. The highest BCUT2D eigenvalue weighted by Gasteiger charge is 2.10. The SMILES string of the molecule is Cc1cccc(NC(=O)COc2c(C)cc(Br)cc2Br)c1. The number of carbonyl (C=O) groups is 1. The van der Waals surface area contributed by atoms with E-state index in [1.165, 1.54) is 0 Å². The van der Waals surface area contributed by atoms with Gasteiger partial charge in [-0.1, -0.05) is 28.1 Å². The van der Waals surface area contributed by atoms with Gasteiger partial charge in [-0.05, 0) is 65.2 Å². The number of halogens is 2. The van der Waals surface area contributed by atoms with Gasteiger partial charge in [-0.2, -0.15) is 0 Å². The van der Waals surface area contributed by atoms with Gasteiger partial charge in [0.15, 0.2) is 6.61 Å². The maximum absolute atomic E-state index is 11.9. The van der Waals surface area contributed by atoms with Gasteiger partial charge in [0.05, 0.1) is 4.47 Å². The highest BCUT2D eigenvalue weighted by molar-refractivity contribution is 9.11. The third kappa shape index (κ3) is 4.58. The predicted octanol–water partition coefficient (Wildman–Crippen LogP) is 4.85. The Hall–Kier alpha value is -1.33. The lowest BCUT2D eigenvalue weighted by Crippen LogP contribution is -2.20. The molecule has 0 fully saturated rings. The standard InChI is InChI=1S/C16H15Br2NO2/c1-10-4-3-5-13(6-10)19-15(20)9-21-16-11(2)7-12(17)8-14(16)18/h3-8H,9H2,1-2H3,(H,19,20). The molecule has 0 unspecified atom stereocenters. The first-order chi connectivity index (χ1) is 9.95. The fourth-order valence-corrected chi connectivity index (χ4v) is 3.48. The van der Waals surface area contributed by atoms with Crippen molar-refractivity contribution in [3.8, 4) is 5.75 Å². The van der Waals surface area contributed by atoms with E-state index in [9.17, 15) is 4.79 Å². The smallest absolute Gasteiger partial charge is 0.262 e. The summed E-state index contributed by atoms with van der Waals surface area (Å²) in [5.74, 6) is 0.493. The van der Waals surface area contributed by atoms with Crippen LogP contribution < -0.4 is 10.1 Å². The Morgan fingerprint density at radius 1 is 1.19 bits per heavy atom. The summed E-state index contributed by atoms with van der Waals surface area (Å²) in [5, 5.41) is 2.81. The summed E-state index contributed by atoms with van der Waals surface area (Å²) in [6.45, 7) is 3.88. The molecule has 2 aromatic rings. The quantitative estimate of drug-likeness (QED) is 0.779. The topological polar surface area (TPSA) is 38.3 Å². The molecule has 3 nitrogen and oxygen atoms in total. The average Bonchev–Trinajstić information content (AvgIpc) is 2.37. The molecule has 0 spiro atoms. The number of benzene rings is 2. The van der Waals surface area contributed by atoms with Crippen molar-refractivity contribution in [3.05, 3.63) is 56.5 Å². The molecular formula is C16H15Br2NO2. The minimum atomic E-state index is -0.185. The Bertz CT molecular complexity index is 648. The fraction of sp³-hybridized carbons (Fsp3) is 0.188. The monoisotopic (exact) mass is 411 g/mol. The number of aryl methyl sites for hydroxylation is 2. The van der Waals surface area contributed by atoms with Gasteiger partial charge in [-0.3, -0.25) is 4.79 Å². The molecule has 0 radical (unpaired) electrons. The second kappa shape index (κ2) is 7.09. The Morgan fingerprint density at radius 3 is 2.62 bits per heavy atom. The first-order valence-electron chi connectivity index (χ1n) is 6.40. The van der Waals surface area contributed by atoms with Crippen LogP contribution in [-0.2, 0) is 4.79 Å². The van der Waals surface area contributed by atoms with Gasteiger partial charge in [0.2, 0.25) is 0 Å². The van der Waals surface area contributed by atoms with Gasteiger partial charge in [0, 0.05) is 10.2 Å². The first kappa shape index (κ1) is 16.0. The van der Waals surface area contributed by atoms with Gasteiger partial charge in [-0.15, -0.1) is 0 Å². The second-order valence-corrected chi connectivity index (χ2v) is 6.51. The second-order valence-electron chi connectivity index (χ2n) is 4.74. The van der Waals surface area contributed by atoms with Crippen LogP contribution in [0, 0.1) is 13.8 Å². The summed E-state index contributed by atoms with van der Waals surface area (Å²) in [7, 11) is 0. The largest absolute Gasteiger partial charge is 0.482 e. The van der Waals surface area contributed by atoms with Crippen LogP contribution in [0.25, 0.3) is 0 Å². The Balaban J connectivity index is 1.99. The summed E-state index contributed by atoms with van der Waals surface area (Å²) in [5.41, 5.74) is 2.83. The van der Waals surface area contributed by atoms with Crippen molar-refractivity contribution in [2.45, 2.75) is 13.8 Å². The predicted molar refractivity (Wildman–Crippen MR) is 91.9 cm³/mol. The Kier molecular flexibility index (Phi) is 5.42. The molecule has 2 rings (SSSR count). The molecule has 0 aliphatic rings. The minimum Gasteiger partial charge on any atom is -0.482 e. The van der Waals surface area contributed by atoms with Crippen molar-refractivity contribution in [3.63, 3.8) is 0 Å². The number of anilines is 1. The zero-order valence-electron chi connectivity index (χ0n) is 11.7. The zero-order valence-corrected chi connectivity index (χ0v) is 14.9. The van der Waals surface area contributed by atoms with Crippen molar-refractivity contribution in [2.75, 3.05) is 11.9 Å². The van der Waals surface area contributed by atoms with E-state index < -0.39 is 0 Å². The summed E-state index contributed by atoms with van der Waals surface area (Å²) in [4.78, 5) is 11.9. The lowest BCUT2D eigenvalue weighted by Gasteiger charge is -2.12. The lowest BCUT2D eigenvalue weighted by atomic mass is 10.2. The van der Waals surface area contributed by atoms with Gasteiger partial charge in [0.1, 0.15) is 5.75 Å². The molecule has 0 aromatic heterocycles. The van der Waals surface area contributed by atoms with Crippen molar-refractivity contribution in [1.82, 2.24) is 0 Å². The maximum atomic E-state index is 11.9. The summed E-state index contributed by atoms with van der Waals surface area (Å²) in [6, 6.07) is 11.5. The van der Waals surface area contributed by atoms with E-state index in [1.807, 2.05) is 50.2 Å². The normalized spacial score (nSPS) is 10.3. The molecule has 0 bridgehead atoms. The molecule has 1 amide bonds. The number of amides is 1. The molecule has 0 aliphatic heterocycles. The number of hydrogen-bond acceptors (Lipinski definition) is 2. The molecule has 0 atom stereocenters. The first-order valence-corrected chi connectivity index (χ1v) is 7.99. The van der Waals surface area contributed by atoms with Gasteiger partial charge < -0.3 is 10.1 Å². The van der Waals surface area contributed by atoms with E-state index in [-0.39, 0.29) is 12.5 Å². The molecule has 0 saturated heterocycles. The molecule has 1 N–H and O–H groups in total.